The molecule has 0 aliphatic carbocycles. The Labute approximate surface area is 100 Å². The molecule has 1 heterocycles. The Kier molecular flexibility index (Phi) is 4.00. The Bertz CT molecular complexity index is 459. The molecular weight excluding hydrogens is 255 g/mol. The molecule has 5 nitrogen and oxygen atoms in total. The molecule has 100 valence electrons. The molecule has 0 radical (unpaired) electrons. The first-order valence-corrected chi connectivity index (χ1v) is 4.68. The van der Waals surface area contributed by atoms with Crippen LogP contribution < -0.4 is 9.47 Å². The first kappa shape index (κ1) is 14.1. The fraction of sp³-hybridized carbons (Fsp3) is 0.400. The number of nitrogens with zero attached hydrogens (tertiary/aromatic N) is 1. The minimum Gasteiger partial charge on any atom is -0.493 e. The second kappa shape index (κ2) is 5.11. The Morgan fingerprint density at radius 3 is 2.39 bits per heavy atom. The summed E-state index contributed by atoms with van der Waals surface area (Å²) in [7, 11) is 2.18. The number of aryl methyl sites for hydroxylation is 1. The average molecular weight is 265 g/mol. The smallest absolute Gasteiger partial charge is 0.493 e. The third-order valence-electron chi connectivity index (χ3n) is 1.88. The maximum atomic E-state index is 12.2. The molecule has 0 N–H and O–H groups in total. The standard InChI is InChI=1S/C10H10F3NO4/c1-5-4-6(16-2)8(18-10(11,12)13)7(14-5)9(15)17-3/h4H,1-3H3. The van der Waals surface area contributed by atoms with Gasteiger partial charge in [-0.1, -0.05) is 0 Å². The number of pyridine rings is 1. The number of ether oxygens (including phenoxy) is 3. The molecule has 0 amide bonds. The van der Waals surface area contributed by atoms with Crippen molar-refractivity contribution in [1.29, 1.82) is 0 Å². The lowest BCUT2D eigenvalue weighted by Crippen LogP contribution is -2.21. The van der Waals surface area contributed by atoms with Gasteiger partial charge in [-0.05, 0) is 6.92 Å². The van der Waals surface area contributed by atoms with E-state index in [4.69, 9.17) is 4.74 Å². The van der Waals surface area contributed by atoms with Gasteiger partial charge in [0.1, 0.15) is 0 Å². The van der Waals surface area contributed by atoms with E-state index >= 15 is 0 Å². The Hall–Kier alpha value is -1.99. The summed E-state index contributed by atoms with van der Waals surface area (Å²) in [6.07, 6.45) is -4.97. The van der Waals surface area contributed by atoms with Crippen LogP contribution in [0, 0.1) is 6.92 Å². The van der Waals surface area contributed by atoms with Gasteiger partial charge in [0.25, 0.3) is 0 Å². The van der Waals surface area contributed by atoms with E-state index in [0.717, 1.165) is 14.2 Å². The van der Waals surface area contributed by atoms with Gasteiger partial charge in [-0.15, -0.1) is 13.2 Å². The van der Waals surface area contributed by atoms with Crippen LogP contribution in [0.15, 0.2) is 6.07 Å². The van der Waals surface area contributed by atoms with Crippen molar-refractivity contribution in [1.82, 2.24) is 4.98 Å². The minimum absolute atomic E-state index is 0.250. The highest BCUT2D eigenvalue weighted by Crippen LogP contribution is 2.35. The highest BCUT2D eigenvalue weighted by molar-refractivity contribution is 5.91. The molecule has 0 aromatic carbocycles. The van der Waals surface area contributed by atoms with E-state index < -0.39 is 23.8 Å². The molecule has 0 bridgehead atoms. The lowest BCUT2D eigenvalue weighted by molar-refractivity contribution is -0.275. The SMILES string of the molecule is COC(=O)c1nc(C)cc(OC)c1OC(F)(F)F. The van der Waals surface area contributed by atoms with E-state index in [2.05, 4.69) is 14.5 Å². The van der Waals surface area contributed by atoms with Crippen LogP contribution in [0.1, 0.15) is 16.2 Å². The molecule has 1 aromatic rings. The van der Waals surface area contributed by atoms with Crippen LogP contribution in [0.5, 0.6) is 11.5 Å². The van der Waals surface area contributed by atoms with Gasteiger partial charge in [0.15, 0.2) is 11.4 Å². The number of aromatic nitrogens is 1. The van der Waals surface area contributed by atoms with Crippen molar-refractivity contribution in [3.63, 3.8) is 0 Å². The molecule has 0 aliphatic rings. The first-order chi connectivity index (χ1) is 8.28. The molecule has 0 unspecified atom stereocenters. The number of alkyl halides is 3. The van der Waals surface area contributed by atoms with E-state index in [1.54, 1.807) is 0 Å². The fourth-order valence-corrected chi connectivity index (χ4v) is 1.23. The van der Waals surface area contributed by atoms with Crippen molar-refractivity contribution in [2.24, 2.45) is 0 Å². The van der Waals surface area contributed by atoms with Crippen LogP contribution in [0.3, 0.4) is 0 Å². The highest BCUT2D eigenvalue weighted by Gasteiger charge is 2.35. The molecule has 0 atom stereocenters. The van der Waals surface area contributed by atoms with Gasteiger partial charge in [0.2, 0.25) is 5.75 Å². The second-order valence-corrected chi connectivity index (χ2v) is 3.18. The summed E-state index contributed by atoms with van der Waals surface area (Å²) in [4.78, 5) is 15.0. The lowest BCUT2D eigenvalue weighted by atomic mass is 10.2. The summed E-state index contributed by atoms with van der Waals surface area (Å²) in [5.74, 6) is -2.11. The molecule has 1 aromatic heterocycles. The van der Waals surface area contributed by atoms with Crippen LogP contribution in [-0.2, 0) is 4.74 Å². The van der Waals surface area contributed by atoms with Gasteiger partial charge in [-0.3, -0.25) is 0 Å². The van der Waals surface area contributed by atoms with Gasteiger partial charge < -0.3 is 14.2 Å². The number of hydrogen-bond acceptors (Lipinski definition) is 5. The van der Waals surface area contributed by atoms with E-state index in [1.807, 2.05) is 0 Å². The summed E-state index contributed by atoms with van der Waals surface area (Å²) >= 11 is 0. The largest absolute Gasteiger partial charge is 0.573 e. The molecule has 18 heavy (non-hydrogen) atoms. The molecular formula is C10H10F3NO4. The quantitative estimate of drug-likeness (QED) is 0.783. The molecule has 0 saturated carbocycles. The fourth-order valence-electron chi connectivity index (χ4n) is 1.23. The van der Waals surface area contributed by atoms with Crippen molar-refractivity contribution >= 4 is 5.97 Å². The van der Waals surface area contributed by atoms with Crippen LogP contribution in [0.2, 0.25) is 0 Å². The number of methoxy groups -OCH3 is 2. The van der Waals surface area contributed by atoms with Crippen LogP contribution in [-0.4, -0.2) is 31.5 Å². The third kappa shape index (κ3) is 3.25. The minimum atomic E-state index is -4.97. The molecule has 8 heteroatoms. The van der Waals surface area contributed by atoms with Crippen molar-refractivity contribution in [3.05, 3.63) is 17.5 Å². The summed E-state index contributed by atoms with van der Waals surface area (Å²) in [5, 5.41) is 0. The zero-order valence-electron chi connectivity index (χ0n) is 9.79. The van der Waals surface area contributed by atoms with Crippen LogP contribution in [0.25, 0.3) is 0 Å². The predicted molar refractivity (Wildman–Crippen MR) is 53.5 cm³/mol. The van der Waals surface area contributed by atoms with Crippen LogP contribution >= 0.6 is 0 Å². The zero-order chi connectivity index (χ0) is 13.9. The second-order valence-electron chi connectivity index (χ2n) is 3.18. The Morgan fingerprint density at radius 2 is 1.94 bits per heavy atom. The molecule has 0 fully saturated rings. The monoisotopic (exact) mass is 265 g/mol. The lowest BCUT2D eigenvalue weighted by Gasteiger charge is -2.15. The van der Waals surface area contributed by atoms with Crippen LogP contribution in [0.4, 0.5) is 13.2 Å². The van der Waals surface area contributed by atoms with E-state index in [1.165, 1.54) is 13.0 Å². The summed E-state index contributed by atoms with van der Waals surface area (Å²) in [6.45, 7) is 1.49. The van der Waals surface area contributed by atoms with Gasteiger partial charge in [0, 0.05) is 11.8 Å². The normalized spacial score (nSPS) is 11.0. The summed E-state index contributed by atoms with van der Waals surface area (Å²) in [5.41, 5.74) is -0.298. The summed E-state index contributed by atoms with van der Waals surface area (Å²) in [6, 6.07) is 1.22. The zero-order valence-corrected chi connectivity index (χ0v) is 9.79. The van der Waals surface area contributed by atoms with Gasteiger partial charge in [-0.2, -0.15) is 0 Å². The maximum absolute atomic E-state index is 12.2. The molecule has 0 spiro atoms. The number of esters is 1. The van der Waals surface area contributed by atoms with Crippen molar-refractivity contribution < 1.29 is 32.2 Å². The van der Waals surface area contributed by atoms with Crippen molar-refractivity contribution in [2.45, 2.75) is 13.3 Å². The number of halogens is 3. The molecule has 1 rings (SSSR count). The first-order valence-electron chi connectivity index (χ1n) is 4.68. The third-order valence-corrected chi connectivity index (χ3v) is 1.88. The Morgan fingerprint density at radius 1 is 1.33 bits per heavy atom. The highest BCUT2D eigenvalue weighted by atomic mass is 19.4. The molecule has 0 aliphatic heterocycles. The van der Waals surface area contributed by atoms with E-state index in [-0.39, 0.29) is 5.75 Å². The van der Waals surface area contributed by atoms with Gasteiger partial charge >= 0.3 is 12.3 Å². The van der Waals surface area contributed by atoms with Gasteiger partial charge in [-0.25, -0.2) is 9.78 Å². The number of carbonyl (C=O) groups is 1. The van der Waals surface area contributed by atoms with Gasteiger partial charge in [0.05, 0.1) is 14.2 Å². The summed E-state index contributed by atoms with van der Waals surface area (Å²) < 4.78 is 49.6. The predicted octanol–water partition coefficient (Wildman–Crippen LogP) is 2.08. The number of carbonyl (C=O) groups excluding carboxylic acids is 1. The topological polar surface area (TPSA) is 57.7 Å². The average Bonchev–Trinajstić information content (AvgIpc) is 2.28. The van der Waals surface area contributed by atoms with E-state index in [9.17, 15) is 18.0 Å². The maximum Gasteiger partial charge on any atom is 0.573 e. The number of rotatable bonds is 3. The van der Waals surface area contributed by atoms with Crippen molar-refractivity contribution in [2.75, 3.05) is 14.2 Å². The Balaban J connectivity index is 3.38. The number of hydrogen-bond donors (Lipinski definition) is 0. The van der Waals surface area contributed by atoms with E-state index in [0.29, 0.717) is 5.69 Å². The molecule has 0 saturated heterocycles. The van der Waals surface area contributed by atoms with Crippen molar-refractivity contribution in [3.8, 4) is 11.5 Å².